The standard InChI is InChI=1S/C19H17ClF2N4O/c1-10-6-16(17(27-3)9-13(10)20)24-18-7-11(2)23-19(26-18)25-15-5-4-12(21)8-14(15)22/h4-9H,1-3H3,(H2,23,24,25,26). The van der Waals surface area contributed by atoms with Crippen molar-refractivity contribution in [1.82, 2.24) is 9.97 Å². The first-order chi connectivity index (χ1) is 12.9. The summed E-state index contributed by atoms with van der Waals surface area (Å²) in [5.74, 6) is -0.179. The van der Waals surface area contributed by atoms with Gasteiger partial charge in [0.1, 0.15) is 23.2 Å². The lowest BCUT2D eigenvalue weighted by molar-refractivity contribution is 0.416. The maximum Gasteiger partial charge on any atom is 0.229 e. The Bertz CT molecular complexity index is 998. The van der Waals surface area contributed by atoms with Crippen LogP contribution >= 0.6 is 11.6 Å². The molecule has 8 heteroatoms. The molecule has 2 N–H and O–H groups in total. The molecule has 3 aromatic rings. The van der Waals surface area contributed by atoms with Crippen LogP contribution in [0.25, 0.3) is 0 Å². The molecule has 0 radical (unpaired) electrons. The van der Waals surface area contributed by atoms with Crippen molar-refractivity contribution in [2.45, 2.75) is 13.8 Å². The van der Waals surface area contributed by atoms with Crippen LogP contribution in [0.15, 0.2) is 36.4 Å². The fraction of sp³-hybridized carbons (Fsp3) is 0.158. The van der Waals surface area contributed by atoms with E-state index in [1.54, 1.807) is 26.2 Å². The van der Waals surface area contributed by atoms with Crippen LogP contribution in [0, 0.1) is 25.5 Å². The van der Waals surface area contributed by atoms with Gasteiger partial charge >= 0.3 is 0 Å². The first-order valence-electron chi connectivity index (χ1n) is 8.04. The number of halogens is 3. The lowest BCUT2D eigenvalue weighted by Gasteiger charge is -2.14. The number of aromatic nitrogens is 2. The zero-order chi connectivity index (χ0) is 19.6. The predicted octanol–water partition coefficient (Wildman–Crippen LogP) is 5.52. The summed E-state index contributed by atoms with van der Waals surface area (Å²) in [5.41, 5.74) is 2.28. The highest BCUT2D eigenvalue weighted by Crippen LogP contribution is 2.33. The minimum Gasteiger partial charge on any atom is -0.495 e. The summed E-state index contributed by atoms with van der Waals surface area (Å²) in [6.07, 6.45) is 0. The van der Waals surface area contributed by atoms with Gasteiger partial charge in [0.25, 0.3) is 0 Å². The van der Waals surface area contributed by atoms with Gasteiger partial charge in [-0.05, 0) is 37.6 Å². The lowest BCUT2D eigenvalue weighted by Crippen LogP contribution is -2.04. The van der Waals surface area contributed by atoms with Gasteiger partial charge in [0, 0.05) is 28.9 Å². The minimum absolute atomic E-state index is 0.0767. The summed E-state index contributed by atoms with van der Waals surface area (Å²) in [6.45, 7) is 3.66. The molecule has 0 fully saturated rings. The molecule has 0 aliphatic heterocycles. The van der Waals surface area contributed by atoms with Crippen LogP contribution in [0.1, 0.15) is 11.3 Å². The van der Waals surface area contributed by atoms with Crippen molar-refractivity contribution < 1.29 is 13.5 Å². The van der Waals surface area contributed by atoms with Gasteiger partial charge in [-0.2, -0.15) is 4.98 Å². The summed E-state index contributed by atoms with van der Waals surface area (Å²) < 4.78 is 32.3. The molecule has 1 aromatic heterocycles. The van der Waals surface area contributed by atoms with Crippen molar-refractivity contribution in [3.63, 3.8) is 0 Å². The number of methoxy groups -OCH3 is 1. The zero-order valence-electron chi connectivity index (χ0n) is 14.9. The van der Waals surface area contributed by atoms with Gasteiger partial charge in [-0.25, -0.2) is 13.8 Å². The molecular weight excluding hydrogens is 374 g/mol. The molecule has 0 saturated heterocycles. The van der Waals surface area contributed by atoms with Crippen molar-refractivity contribution in [3.05, 3.63) is 64.3 Å². The quantitative estimate of drug-likeness (QED) is 0.600. The average molecular weight is 391 g/mol. The van der Waals surface area contributed by atoms with Crippen molar-refractivity contribution in [3.8, 4) is 5.75 Å². The number of benzene rings is 2. The molecule has 3 rings (SSSR count). The van der Waals surface area contributed by atoms with E-state index in [-0.39, 0.29) is 11.6 Å². The van der Waals surface area contributed by atoms with E-state index in [0.717, 1.165) is 17.7 Å². The first-order valence-corrected chi connectivity index (χ1v) is 8.42. The third-order valence-electron chi connectivity index (χ3n) is 3.78. The molecule has 27 heavy (non-hydrogen) atoms. The number of rotatable bonds is 5. The van der Waals surface area contributed by atoms with Gasteiger partial charge in [0.2, 0.25) is 5.95 Å². The van der Waals surface area contributed by atoms with E-state index in [9.17, 15) is 8.78 Å². The molecule has 0 unspecified atom stereocenters. The van der Waals surface area contributed by atoms with Gasteiger partial charge in [-0.1, -0.05) is 11.6 Å². The van der Waals surface area contributed by atoms with Crippen LogP contribution in [0.2, 0.25) is 5.02 Å². The molecule has 0 saturated carbocycles. The second-order valence-corrected chi connectivity index (χ2v) is 6.30. The zero-order valence-corrected chi connectivity index (χ0v) is 15.7. The van der Waals surface area contributed by atoms with Crippen molar-refractivity contribution >= 4 is 34.7 Å². The molecule has 2 aromatic carbocycles. The Morgan fingerprint density at radius 3 is 2.44 bits per heavy atom. The normalized spacial score (nSPS) is 10.6. The molecule has 0 spiro atoms. The Balaban J connectivity index is 1.91. The number of hydrogen-bond acceptors (Lipinski definition) is 5. The predicted molar refractivity (Wildman–Crippen MR) is 102 cm³/mol. The van der Waals surface area contributed by atoms with Gasteiger partial charge in [-0.3, -0.25) is 0 Å². The van der Waals surface area contributed by atoms with Crippen molar-refractivity contribution in [2.24, 2.45) is 0 Å². The van der Waals surface area contributed by atoms with Gasteiger partial charge < -0.3 is 15.4 Å². The Morgan fingerprint density at radius 2 is 1.74 bits per heavy atom. The van der Waals surface area contributed by atoms with Crippen LogP contribution in [0.5, 0.6) is 5.75 Å². The number of nitrogens with zero attached hydrogens (tertiary/aromatic N) is 2. The third kappa shape index (κ3) is 4.43. The monoisotopic (exact) mass is 390 g/mol. The summed E-state index contributed by atoms with van der Waals surface area (Å²) in [7, 11) is 1.54. The van der Waals surface area contributed by atoms with Crippen LogP contribution in [0.4, 0.5) is 31.9 Å². The second kappa shape index (κ2) is 7.75. The number of anilines is 4. The Kier molecular flexibility index (Phi) is 5.41. The molecule has 0 aliphatic carbocycles. The Hall–Kier alpha value is -2.93. The van der Waals surface area contributed by atoms with Gasteiger partial charge in [0.15, 0.2) is 0 Å². The summed E-state index contributed by atoms with van der Waals surface area (Å²) in [5, 5.41) is 6.50. The second-order valence-electron chi connectivity index (χ2n) is 5.89. The molecule has 5 nitrogen and oxygen atoms in total. The average Bonchev–Trinajstić information content (AvgIpc) is 2.60. The van der Waals surface area contributed by atoms with E-state index in [1.165, 1.54) is 6.07 Å². The molecular formula is C19H17ClF2N4O. The van der Waals surface area contributed by atoms with E-state index in [1.807, 2.05) is 13.0 Å². The fourth-order valence-electron chi connectivity index (χ4n) is 2.47. The van der Waals surface area contributed by atoms with Crippen LogP contribution in [-0.4, -0.2) is 17.1 Å². The summed E-state index contributed by atoms with van der Waals surface area (Å²) in [6, 6.07) is 8.51. The third-order valence-corrected chi connectivity index (χ3v) is 4.18. The number of ether oxygens (including phenoxy) is 1. The van der Waals surface area contributed by atoms with E-state index in [2.05, 4.69) is 20.6 Å². The number of nitrogens with one attached hydrogen (secondary N) is 2. The molecule has 140 valence electrons. The summed E-state index contributed by atoms with van der Waals surface area (Å²) >= 11 is 6.13. The molecule has 0 amide bonds. The number of hydrogen-bond donors (Lipinski definition) is 2. The molecule has 0 aliphatic rings. The molecule has 0 atom stereocenters. The number of aryl methyl sites for hydroxylation is 2. The first kappa shape index (κ1) is 18.8. The largest absolute Gasteiger partial charge is 0.495 e. The SMILES string of the molecule is COc1cc(Cl)c(C)cc1Nc1cc(C)nc(Nc2ccc(F)cc2F)n1. The molecule has 1 heterocycles. The topological polar surface area (TPSA) is 59.1 Å². The van der Waals surface area contributed by atoms with E-state index in [4.69, 9.17) is 16.3 Å². The van der Waals surface area contributed by atoms with Crippen LogP contribution in [0.3, 0.4) is 0 Å². The summed E-state index contributed by atoms with van der Waals surface area (Å²) in [4.78, 5) is 8.57. The maximum atomic E-state index is 13.9. The van der Waals surface area contributed by atoms with Gasteiger partial charge in [-0.15, -0.1) is 0 Å². The lowest BCUT2D eigenvalue weighted by atomic mass is 10.2. The Labute approximate surface area is 160 Å². The van der Waals surface area contributed by atoms with Gasteiger partial charge in [0.05, 0.1) is 18.5 Å². The maximum absolute atomic E-state index is 13.9. The Morgan fingerprint density at radius 1 is 0.963 bits per heavy atom. The van der Waals surface area contributed by atoms with Crippen LogP contribution < -0.4 is 15.4 Å². The highest BCUT2D eigenvalue weighted by molar-refractivity contribution is 6.31. The van der Waals surface area contributed by atoms with E-state index in [0.29, 0.717) is 28.0 Å². The fourth-order valence-corrected chi connectivity index (χ4v) is 2.62. The molecule has 0 bridgehead atoms. The highest BCUT2D eigenvalue weighted by Gasteiger charge is 2.11. The van der Waals surface area contributed by atoms with Crippen molar-refractivity contribution in [2.75, 3.05) is 17.7 Å². The van der Waals surface area contributed by atoms with E-state index < -0.39 is 11.6 Å². The van der Waals surface area contributed by atoms with Crippen LogP contribution in [-0.2, 0) is 0 Å². The van der Waals surface area contributed by atoms with Crippen molar-refractivity contribution in [1.29, 1.82) is 0 Å². The smallest absolute Gasteiger partial charge is 0.229 e. The minimum atomic E-state index is -0.732. The van der Waals surface area contributed by atoms with E-state index >= 15 is 0 Å². The highest BCUT2D eigenvalue weighted by atomic mass is 35.5.